The van der Waals surface area contributed by atoms with Crippen molar-refractivity contribution in [2.75, 3.05) is 7.11 Å². The lowest BCUT2D eigenvalue weighted by atomic mass is 10.0. The number of methoxy groups -OCH3 is 1. The number of aryl methyl sites for hydroxylation is 1. The van der Waals surface area contributed by atoms with Crippen LogP contribution in [0.2, 0.25) is 0 Å². The van der Waals surface area contributed by atoms with Gasteiger partial charge in [-0.1, -0.05) is 37.3 Å². The quantitative estimate of drug-likeness (QED) is 0.320. The summed E-state index contributed by atoms with van der Waals surface area (Å²) in [5.74, 6) is 0.0707. The molecule has 7 nitrogen and oxygen atoms in total. The first-order valence-electron chi connectivity index (χ1n) is 9.29. The summed E-state index contributed by atoms with van der Waals surface area (Å²) < 4.78 is 10.8. The number of aromatic amines is 1. The molecule has 0 fully saturated rings. The highest BCUT2D eigenvalue weighted by Gasteiger charge is 2.19. The minimum atomic E-state index is -1.08. The third-order valence-corrected chi connectivity index (χ3v) is 5.39. The van der Waals surface area contributed by atoms with Gasteiger partial charge in [-0.15, -0.1) is 10.2 Å². The molecule has 4 rings (SSSR count). The molecule has 2 aromatic carbocycles. The van der Waals surface area contributed by atoms with Crippen LogP contribution in [0.15, 0.2) is 63.1 Å². The van der Waals surface area contributed by atoms with E-state index in [1.54, 1.807) is 13.2 Å². The molecule has 0 radical (unpaired) electrons. The Morgan fingerprint density at radius 2 is 2.03 bits per heavy atom. The second kappa shape index (κ2) is 8.46. The zero-order valence-corrected chi connectivity index (χ0v) is 17.2. The van der Waals surface area contributed by atoms with Crippen LogP contribution in [0, 0.1) is 0 Å². The van der Waals surface area contributed by atoms with Crippen LogP contribution in [-0.2, 0) is 11.2 Å². The van der Waals surface area contributed by atoms with E-state index in [-0.39, 0.29) is 10.1 Å². The zero-order valence-electron chi connectivity index (χ0n) is 16.4. The standard InChI is InChI=1S/C22H19N3O4S/c1-3-19-24-25-22(29-19)30-18(21(26)27)12-16-15-11-14(28-2)9-10-17(15)23-20(16)13-7-5-4-6-8-13/h4-12,23H,3H2,1-2H3,(H,26,27)/b18-12-. The summed E-state index contributed by atoms with van der Waals surface area (Å²) in [7, 11) is 1.60. The number of hydrogen-bond acceptors (Lipinski definition) is 6. The van der Waals surface area contributed by atoms with Gasteiger partial charge in [-0.3, -0.25) is 0 Å². The molecule has 0 bridgehead atoms. The predicted octanol–water partition coefficient (Wildman–Crippen LogP) is 5.01. The van der Waals surface area contributed by atoms with Gasteiger partial charge in [-0.05, 0) is 41.6 Å². The zero-order chi connectivity index (χ0) is 21.1. The van der Waals surface area contributed by atoms with E-state index >= 15 is 0 Å². The Kier molecular flexibility index (Phi) is 5.58. The van der Waals surface area contributed by atoms with E-state index < -0.39 is 5.97 Å². The van der Waals surface area contributed by atoms with Crippen LogP contribution in [0.25, 0.3) is 28.2 Å². The Bertz CT molecular complexity index is 1230. The van der Waals surface area contributed by atoms with Crippen molar-refractivity contribution < 1.29 is 19.1 Å². The number of ether oxygens (including phenoxy) is 1. The minimum absolute atomic E-state index is 0.0715. The van der Waals surface area contributed by atoms with Gasteiger partial charge in [0.05, 0.1) is 12.8 Å². The number of carboxylic acid groups (broad SMARTS) is 1. The van der Waals surface area contributed by atoms with Crippen molar-refractivity contribution in [1.82, 2.24) is 15.2 Å². The molecule has 0 saturated heterocycles. The molecule has 0 unspecified atom stereocenters. The average Bonchev–Trinajstić information content (AvgIpc) is 3.38. The first-order valence-corrected chi connectivity index (χ1v) is 10.1. The number of carboxylic acids is 1. The van der Waals surface area contributed by atoms with E-state index in [2.05, 4.69) is 15.2 Å². The molecular formula is C22H19N3O4S. The SMILES string of the molecule is CCc1nnc(S/C(=C\c2c(-c3ccccc3)[nH]c3ccc(OC)cc23)C(=O)O)o1. The Hall–Kier alpha value is -3.52. The second-order valence-electron chi connectivity index (χ2n) is 6.42. The molecule has 4 aromatic rings. The van der Waals surface area contributed by atoms with Crippen molar-refractivity contribution in [2.45, 2.75) is 18.6 Å². The molecular weight excluding hydrogens is 402 g/mol. The summed E-state index contributed by atoms with van der Waals surface area (Å²) in [6, 6.07) is 15.4. The number of benzene rings is 2. The summed E-state index contributed by atoms with van der Waals surface area (Å²) in [6.07, 6.45) is 2.21. The van der Waals surface area contributed by atoms with Gasteiger partial charge >= 0.3 is 5.97 Å². The van der Waals surface area contributed by atoms with E-state index in [4.69, 9.17) is 9.15 Å². The van der Waals surface area contributed by atoms with Crippen molar-refractivity contribution in [1.29, 1.82) is 0 Å². The Balaban J connectivity index is 1.88. The number of H-pyrrole nitrogens is 1. The second-order valence-corrected chi connectivity index (χ2v) is 7.42. The van der Waals surface area contributed by atoms with Crippen molar-refractivity contribution in [3.8, 4) is 17.0 Å². The van der Waals surface area contributed by atoms with Gasteiger partial charge < -0.3 is 19.2 Å². The van der Waals surface area contributed by atoms with Crippen LogP contribution in [-0.4, -0.2) is 33.4 Å². The van der Waals surface area contributed by atoms with Gasteiger partial charge in [0.15, 0.2) is 0 Å². The lowest BCUT2D eigenvalue weighted by Crippen LogP contribution is -1.97. The van der Waals surface area contributed by atoms with Crippen molar-refractivity contribution in [3.05, 3.63) is 64.9 Å². The molecule has 0 atom stereocenters. The van der Waals surface area contributed by atoms with E-state index in [0.717, 1.165) is 39.5 Å². The van der Waals surface area contributed by atoms with Crippen molar-refractivity contribution >= 4 is 34.7 Å². The van der Waals surface area contributed by atoms with Gasteiger partial charge in [0.25, 0.3) is 5.22 Å². The molecule has 0 aliphatic rings. The third-order valence-electron chi connectivity index (χ3n) is 4.54. The van der Waals surface area contributed by atoms with Crippen LogP contribution in [0.3, 0.4) is 0 Å². The molecule has 2 aromatic heterocycles. The average molecular weight is 421 g/mol. The first-order chi connectivity index (χ1) is 14.6. The van der Waals surface area contributed by atoms with Gasteiger partial charge in [0.2, 0.25) is 5.89 Å². The fraction of sp³-hybridized carbons (Fsp3) is 0.136. The maximum atomic E-state index is 12.0. The van der Waals surface area contributed by atoms with E-state index in [0.29, 0.717) is 18.1 Å². The fourth-order valence-electron chi connectivity index (χ4n) is 3.08. The molecule has 0 amide bonds. The van der Waals surface area contributed by atoms with Crippen molar-refractivity contribution in [3.63, 3.8) is 0 Å². The maximum absolute atomic E-state index is 12.0. The smallest absolute Gasteiger partial charge is 0.342 e. The molecule has 2 heterocycles. The lowest BCUT2D eigenvalue weighted by Gasteiger charge is -2.04. The van der Waals surface area contributed by atoms with Crippen LogP contribution in [0.5, 0.6) is 5.75 Å². The number of carbonyl (C=O) groups is 1. The van der Waals surface area contributed by atoms with Crippen LogP contribution >= 0.6 is 11.8 Å². The van der Waals surface area contributed by atoms with Crippen LogP contribution < -0.4 is 4.74 Å². The number of aliphatic carboxylic acids is 1. The topological polar surface area (TPSA) is 101 Å². The number of rotatable bonds is 7. The number of hydrogen-bond donors (Lipinski definition) is 2. The summed E-state index contributed by atoms with van der Waals surface area (Å²) in [6.45, 7) is 1.89. The molecule has 0 aliphatic carbocycles. The molecule has 0 spiro atoms. The summed E-state index contributed by atoms with van der Waals surface area (Å²) in [5, 5.41) is 18.7. The number of thioether (sulfide) groups is 1. The predicted molar refractivity (Wildman–Crippen MR) is 115 cm³/mol. The highest BCUT2D eigenvalue weighted by molar-refractivity contribution is 8.03. The third kappa shape index (κ3) is 3.95. The molecule has 8 heteroatoms. The normalized spacial score (nSPS) is 11.7. The monoisotopic (exact) mass is 421 g/mol. The molecule has 0 saturated carbocycles. The van der Waals surface area contributed by atoms with Gasteiger partial charge in [-0.2, -0.15) is 0 Å². The largest absolute Gasteiger partial charge is 0.497 e. The Morgan fingerprint density at radius 3 is 2.70 bits per heavy atom. The van der Waals surface area contributed by atoms with E-state index in [1.807, 2.05) is 55.5 Å². The highest BCUT2D eigenvalue weighted by atomic mass is 32.2. The summed E-state index contributed by atoms with van der Waals surface area (Å²) in [4.78, 5) is 15.5. The Morgan fingerprint density at radius 1 is 1.23 bits per heavy atom. The van der Waals surface area contributed by atoms with Crippen LogP contribution in [0.1, 0.15) is 18.4 Å². The molecule has 30 heavy (non-hydrogen) atoms. The number of aromatic nitrogens is 3. The summed E-state index contributed by atoms with van der Waals surface area (Å²) >= 11 is 0.930. The number of nitrogens with one attached hydrogen (secondary N) is 1. The number of nitrogens with zero attached hydrogens (tertiary/aromatic N) is 2. The molecule has 2 N–H and O–H groups in total. The van der Waals surface area contributed by atoms with Gasteiger partial charge in [0, 0.05) is 22.9 Å². The maximum Gasteiger partial charge on any atom is 0.342 e. The Labute approximate surface area is 176 Å². The fourth-order valence-corrected chi connectivity index (χ4v) is 3.76. The van der Waals surface area contributed by atoms with E-state index in [9.17, 15) is 9.90 Å². The number of fused-ring (bicyclic) bond motifs is 1. The molecule has 0 aliphatic heterocycles. The van der Waals surface area contributed by atoms with Gasteiger partial charge in [-0.25, -0.2) is 4.79 Å². The summed E-state index contributed by atoms with van der Waals surface area (Å²) in [5.41, 5.74) is 3.38. The van der Waals surface area contributed by atoms with Crippen molar-refractivity contribution in [2.24, 2.45) is 0 Å². The van der Waals surface area contributed by atoms with Gasteiger partial charge in [0.1, 0.15) is 10.7 Å². The minimum Gasteiger partial charge on any atom is -0.497 e. The van der Waals surface area contributed by atoms with Crippen LogP contribution in [0.4, 0.5) is 0 Å². The first kappa shape index (κ1) is 19.8. The highest BCUT2D eigenvalue weighted by Crippen LogP contribution is 2.36. The molecule has 152 valence electrons. The van der Waals surface area contributed by atoms with E-state index in [1.165, 1.54) is 0 Å². The lowest BCUT2D eigenvalue weighted by molar-refractivity contribution is -0.131.